The second-order valence-corrected chi connectivity index (χ2v) is 7.55. The number of amidine groups is 1. The predicted octanol–water partition coefficient (Wildman–Crippen LogP) is 3.71. The predicted molar refractivity (Wildman–Crippen MR) is 107 cm³/mol. The van der Waals surface area contributed by atoms with Crippen LogP contribution in [0, 0.1) is 0 Å². The van der Waals surface area contributed by atoms with E-state index in [1.807, 2.05) is 24.3 Å². The Kier molecular flexibility index (Phi) is 5.95. The second kappa shape index (κ2) is 8.37. The molecule has 1 atom stereocenters. The number of halogens is 1. The Labute approximate surface area is 163 Å². The summed E-state index contributed by atoms with van der Waals surface area (Å²) in [6.45, 7) is 0. The SMILES string of the molecule is COc1ccccc1N=C1NC(=O)[C@H](CC(=O)Nc2ccc(Br)cc2)S1. The van der Waals surface area contributed by atoms with Crippen molar-refractivity contribution in [1.29, 1.82) is 0 Å². The van der Waals surface area contributed by atoms with Crippen molar-refractivity contribution < 1.29 is 14.3 Å². The van der Waals surface area contributed by atoms with Gasteiger partial charge in [-0.2, -0.15) is 0 Å². The largest absolute Gasteiger partial charge is 0.494 e. The van der Waals surface area contributed by atoms with Gasteiger partial charge in [-0.3, -0.25) is 9.59 Å². The molecule has 1 aliphatic rings. The zero-order chi connectivity index (χ0) is 18.5. The number of thioether (sulfide) groups is 1. The molecule has 2 aromatic rings. The quantitative estimate of drug-likeness (QED) is 0.752. The van der Waals surface area contributed by atoms with Gasteiger partial charge in [0.25, 0.3) is 0 Å². The van der Waals surface area contributed by atoms with Crippen LogP contribution in [-0.4, -0.2) is 29.3 Å². The molecule has 0 spiro atoms. The zero-order valence-corrected chi connectivity index (χ0v) is 16.3. The number of benzene rings is 2. The van der Waals surface area contributed by atoms with Crippen molar-refractivity contribution in [3.05, 3.63) is 53.0 Å². The molecule has 0 bridgehead atoms. The number of ether oxygens (including phenoxy) is 1. The number of nitrogens with zero attached hydrogens (tertiary/aromatic N) is 1. The normalized spacial score (nSPS) is 17.8. The highest BCUT2D eigenvalue weighted by molar-refractivity contribution is 9.10. The third-order valence-corrected chi connectivity index (χ3v) is 5.19. The molecule has 1 saturated heterocycles. The second-order valence-electron chi connectivity index (χ2n) is 5.44. The number of aliphatic imine (C=N–C) groups is 1. The maximum absolute atomic E-state index is 12.2. The minimum absolute atomic E-state index is 0.0670. The topological polar surface area (TPSA) is 79.8 Å². The summed E-state index contributed by atoms with van der Waals surface area (Å²) in [7, 11) is 1.56. The Morgan fingerprint density at radius 2 is 2.00 bits per heavy atom. The van der Waals surface area contributed by atoms with Crippen molar-refractivity contribution in [2.75, 3.05) is 12.4 Å². The Hall–Kier alpha value is -2.32. The number of carbonyl (C=O) groups excluding carboxylic acids is 2. The highest BCUT2D eigenvalue weighted by Gasteiger charge is 2.32. The summed E-state index contributed by atoms with van der Waals surface area (Å²) < 4.78 is 6.18. The molecule has 2 aromatic carbocycles. The lowest BCUT2D eigenvalue weighted by Crippen LogP contribution is -2.28. The van der Waals surface area contributed by atoms with E-state index in [0.717, 1.165) is 4.47 Å². The van der Waals surface area contributed by atoms with Gasteiger partial charge < -0.3 is 15.4 Å². The van der Waals surface area contributed by atoms with Gasteiger partial charge in [-0.1, -0.05) is 39.8 Å². The molecule has 2 amide bonds. The first kappa shape index (κ1) is 18.5. The van der Waals surface area contributed by atoms with Crippen LogP contribution in [-0.2, 0) is 9.59 Å². The van der Waals surface area contributed by atoms with E-state index in [4.69, 9.17) is 4.74 Å². The van der Waals surface area contributed by atoms with Crippen molar-refractivity contribution in [3.8, 4) is 5.75 Å². The van der Waals surface area contributed by atoms with Gasteiger partial charge in [-0.05, 0) is 36.4 Å². The molecule has 1 fully saturated rings. The molecule has 0 unspecified atom stereocenters. The maximum Gasteiger partial charge on any atom is 0.240 e. The van der Waals surface area contributed by atoms with Gasteiger partial charge in [0, 0.05) is 16.6 Å². The molecule has 0 aromatic heterocycles. The van der Waals surface area contributed by atoms with Crippen LogP contribution in [0.2, 0.25) is 0 Å². The first-order valence-electron chi connectivity index (χ1n) is 7.80. The average Bonchev–Trinajstić information content (AvgIpc) is 2.96. The van der Waals surface area contributed by atoms with E-state index in [-0.39, 0.29) is 18.2 Å². The minimum Gasteiger partial charge on any atom is -0.494 e. The van der Waals surface area contributed by atoms with E-state index in [2.05, 4.69) is 31.6 Å². The summed E-state index contributed by atoms with van der Waals surface area (Å²) in [5.41, 5.74) is 1.31. The van der Waals surface area contributed by atoms with Gasteiger partial charge in [0.05, 0.1) is 7.11 Å². The molecule has 0 aliphatic carbocycles. The highest BCUT2D eigenvalue weighted by Crippen LogP contribution is 2.30. The third-order valence-electron chi connectivity index (χ3n) is 3.58. The van der Waals surface area contributed by atoms with E-state index < -0.39 is 5.25 Å². The summed E-state index contributed by atoms with van der Waals surface area (Å²) in [6, 6.07) is 14.5. The molecular weight excluding hydrogens is 418 g/mol. The van der Waals surface area contributed by atoms with Crippen LogP contribution in [0.5, 0.6) is 5.75 Å². The van der Waals surface area contributed by atoms with Gasteiger partial charge >= 0.3 is 0 Å². The summed E-state index contributed by atoms with van der Waals surface area (Å²) in [6.07, 6.45) is 0.0670. The molecule has 1 heterocycles. The Morgan fingerprint density at radius 1 is 1.27 bits per heavy atom. The van der Waals surface area contributed by atoms with Crippen molar-refractivity contribution >= 4 is 56.0 Å². The Morgan fingerprint density at radius 3 is 2.73 bits per heavy atom. The fourth-order valence-electron chi connectivity index (χ4n) is 2.34. The summed E-state index contributed by atoms with van der Waals surface area (Å²) >= 11 is 4.58. The lowest BCUT2D eigenvalue weighted by atomic mass is 10.2. The maximum atomic E-state index is 12.2. The number of nitrogens with one attached hydrogen (secondary N) is 2. The van der Waals surface area contributed by atoms with Gasteiger partial charge in [-0.15, -0.1) is 0 Å². The fourth-order valence-corrected chi connectivity index (χ4v) is 3.58. The van der Waals surface area contributed by atoms with E-state index in [0.29, 0.717) is 22.3 Å². The van der Waals surface area contributed by atoms with Crippen LogP contribution < -0.4 is 15.4 Å². The summed E-state index contributed by atoms with van der Waals surface area (Å²) in [4.78, 5) is 28.7. The monoisotopic (exact) mass is 433 g/mol. The van der Waals surface area contributed by atoms with Gasteiger partial charge in [0.1, 0.15) is 16.7 Å². The van der Waals surface area contributed by atoms with Gasteiger partial charge in [-0.25, -0.2) is 4.99 Å². The third kappa shape index (κ3) is 4.64. The lowest BCUT2D eigenvalue weighted by Gasteiger charge is -2.07. The van der Waals surface area contributed by atoms with Gasteiger partial charge in [0.15, 0.2) is 5.17 Å². The van der Waals surface area contributed by atoms with Gasteiger partial charge in [0.2, 0.25) is 11.8 Å². The molecule has 3 rings (SSSR count). The number of carbonyl (C=O) groups is 2. The first-order chi connectivity index (χ1) is 12.5. The van der Waals surface area contributed by atoms with Crippen molar-refractivity contribution in [1.82, 2.24) is 5.32 Å². The van der Waals surface area contributed by atoms with Crippen molar-refractivity contribution in [2.45, 2.75) is 11.7 Å². The van der Waals surface area contributed by atoms with Crippen molar-refractivity contribution in [2.24, 2.45) is 4.99 Å². The average molecular weight is 434 g/mol. The molecule has 0 saturated carbocycles. The van der Waals surface area contributed by atoms with Crippen LogP contribution in [0.3, 0.4) is 0 Å². The number of anilines is 1. The minimum atomic E-state index is -0.515. The standard InChI is InChI=1S/C18H16BrN3O3S/c1-25-14-5-3-2-4-13(14)21-18-22-17(24)15(26-18)10-16(23)20-12-8-6-11(19)7-9-12/h2-9,15H,10H2,1H3,(H,20,23)(H,21,22,24)/t15-/m0/s1. The summed E-state index contributed by atoms with van der Waals surface area (Å²) in [5, 5.41) is 5.44. The molecular formula is C18H16BrN3O3S. The molecule has 134 valence electrons. The number of methoxy groups -OCH3 is 1. The molecule has 2 N–H and O–H groups in total. The molecule has 6 nitrogen and oxygen atoms in total. The number of rotatable bonds is 5. The zero-order valence-electron chi connectivity index (χ0n) is 13.9. The van der Waals surface area contributed by atoms with E-state index in [9.17, 15) is 9.59 Å². The number of amides is 2. The first-order valence-corrected chi connectivity index (χ1v) is 9.47. The Bertz CT molecular complexity index is 855. The lowest BCUT2D eigenvalue weighted by molar-refractivity contribution is -0.122. The fraction of sp³-hybridized carbons (Fsp3) is 0.167. The molecule has 0 radical (unpaired) electrons. The van der Waals surface area contributed by atoms with Crippen LogP contribution in [0.15, 0.2) is 58.0 Å². The van der Waals surface area contributed by atoms with E-state index >= 15 is 0 Å². The number of para-hydroxylation sites is 2. The number of hydrogen-bond donors (Lipinski definition) is 2. The summed E-state index contributed by atoms with van der Waals surface area (Å²) in [5.74, 6) is 0.166. The molecule has 8 heteroatoms. The highest BCUT2D eigenvalue weighted by atomic mass is 79.9. The Balaban J connectivity index is 1.63. The number of hydrogen-bond acceptors (Lipinski definition) is 5. The smallest absolute Gasteiger partial charge is 0.240 e. The van der Waals surface area contributed by atoms with E-state index in [1.165, 1.54) is 11.8 Å². The molecule has 26 heavy (non-hydrogen) atoms. The van der Waals surface area contributed by atoms with Crippen molar-refractivity contribution in [3.63, 3.8) is 0 Å². The van der Waals surface area contributed by atoms with Crippen LogP contribution >= 0.6 is 27.7 Å². The molecule has 1 aliphatic heterocycles. The van der Waals surface area contributed by atoms with Crippen LogP contribution in [0.25, 0.3) is 0 Å². The van der Waals surface area contributed by atoms with E-state index in [1.54, 1.807) is 31.4 Å². The van der Waals surface area contributed by atoms with Crippen LogP contribution in [0.1, 0.15) is 6.42 Å². The van der Waals surface area contributed by atoms with Crippen LogP contribution in [0.4, 0.5) is 11.4 Å².